The van der Waals surface area contributed by atoms with E-state index in [0.29, 0.717) is 19.0 Å². The van der Waals surface area contributed by atoms with E-state index in [9.17, 15) is 9.90 Å². The summed E-state index contributed by atoms with van der Waals surface area (Å²) in [6.07, 6.45) is 1.41. The highest BCUT2D eigenvalue weighted by atomic mass is 16.4. The molecule has 0 spiro atoms. The lowest BCUT2D eigenvalue weighted by molar-refractivity contribution is 0.124. The minimum absolute atomic E-state index is 0.527. The van der Waals surface area contributed by atoms with E-state index in [1.165, 1.54) is 0 Å². The van der Waals surface area contributed by atoms with Gasteiger partial charge in [-0.15, -0.1) is 0 Å². The molecule has 5 heteroatoms. The highest BCUT2D eigenvalue weighted by Gasteiger charge is 2.20. The molecule has 0 saturated carbocycles. The Morgan fingerprint density at radius 2 is 1.83 bits per heavy atom. The Bertz CT molecular complexity index is 238. The third kappa shape index (κ3) is 5.23. The van der Waals surface area contributed by atoms with Crippen molar-refractivity contribution >= 4 is 6.09 Å². The Labute approximate surface area is 110 Å². The highest BCUT2D eigenvalue weighted by Crippen LogP contribution is 2.13. The smallest absolute Gasteiger partial charge is 0.407 e. The van der Waals surface area contributed by atoms with Crippen LogP contribution in [0.4, 0.5) is 4.79 Å². The molecule has 5 nitrogen and oxygen atoms in total. The van der Waals surface area contributed by atoms with Crippen molar-refractivity contribution in [2.45, 2.75) is 26.7 Å². The molecule has 1 saturated heterocycles. The summed E-state index contributed by atoms with van der Waals surface area (Å²) in [5.41, 5.74) is 0. The van der Waals surface area contributed by atoms with Gasteiger partial charge in [-0.05, 0) is 44.9 Å². The van der Waals surface area contributed by atoms with Gasteiger partial charge in [-0.3, -0.25) is 0 Å². The first-order valence-corrected chi connectivity index (χ1v) is 7.08. The number of piperidine rings is 1. The van der Waals surface area contributed by atoms with Gasteiger partial charge in [-0.2, -0.15) is 0 Å². The molecule has 1 amide bonds. The van der Waals surface area contributed by atoms with E-state index in [1.54, 1.807) is 4.90 Å². The summed E-state index contributed by atoms with van der Waals surface area (Å²) < 4.78 is 0. The molecular weight excluding hydrogens is 230 g/mol. The average Bonchev–Trinajstić information content (AvgIpc) is 2.39. The van der Waals surface area contributed by atoms with Crippen LogP contribution < -0.4 is 5.32 Å². The maximum absolute atomic E-state index is 11.3. The van der Waals surface area contributed by atoms with E-state index >= 15 is 0 Å². The molecule has 0 bridgehead atoms. The first-order chi connectivity index (χ1) is 8.67. The predicted octanol–water partition coefficient (Wildman–Crippen LogP) is 1.31. The van der Waals surface area contributed by atoms with E-state index in [2.05, 4.69) is 24.1 Å². The first-order valence-electron chi connectivity index (χ1n) is 7.08. The topological polar surface area (TPSA) is 55.8 Å². The summed E-state index contributed by atoms with van der Waals surface area (Å²) in [5.74, 6) is 0.527. The molecule has 1 aliphatic rings. The fraction of sp³-hybridized carbons (Fsp3) is 0.923. The summed E-state index contributed by atoms with van der Waals surface area (Å²) in [7, 11) is 0. The van der Waals surface area contributed by atoms with E-state index in [-0.39, 0.29) is 0 Å². The zero-order valence-corrected chi connectivity index (χ0v) is 11.7. The fourth-order valence-electron chi connectivity index (χ4n) is 2.44. The lowest BCUT2D eigenvalue weighted by atomic mass is 9.98. The minimum atomic E-state index is -0.777. The third-order valence-corrected chi connectivity index (χ3v) is 3.79. The number of rotatable bonds is 7. The molecule has 0 aromatic rings. The Morgan fingerprint density at radius 1 is 1.22 bits per heavy atom. The SMILES string of the molecule is CCN(CC)CCN(CC1CCNCC1)C(=O)O. The number of hydrogen-bond donors (Lipinski definition) is 2. The molecule has 0 aromatic heterocycles. The van der Waals surface area contributed by atoms with Crippen LogP contribution in [0.1, 0.15) is 26.7 Å². The van der Waals surface area contributed by atoms with Crippen molar-refractivity contribution in [1.82, 2.24) is 15.1 Å². The first kappa shape index (κ1) is 15.2. The second-order valence-electron chi connectivity index (χ2n) is 4.95. The molecule has 0 aromatic carbocycles. The van der Waals surface area contributed by atoms with Crippen molar-refractivity contribution in [3.63, 3.8) is 0 Å². The van der Waals surface area contributed by atoms with Gasteiger partial charge in [0.1, 0.15) is 0 Å². The molecule has 2 N–H and O–H groups in total. The number of likely N-dealkylation sites (N-methyl/N-ethyl adjacent to an activating group) is 1. The zero-order valence-electron chi connectivity index (χ0n) is 11.7. The largest absolute Gasteiger partial charge is 0.465 e. The second kappa shape index (κ2) is 8.32. The van der Waals surface area contributed by atoms with Gasteiger partial charge < -0.3 is 20.2 Å². The molecule has 106 valence electrons. The van der Waals surface area contributed by atoms with Crippen LogP contribution in [0.25, 0.3) is 0 Å². The Hall–Kier alpha value is -0.810. The van der Waals surface area contributed by atoms with E-state index < -0.39 is 6.09 Å². The number of nitrogens with one attached hydrogen (secondary N) is 1. The summed E-state index contributed by atoms with van der Waals surface area (Å²) in [4.78, 5) is 15.1. The number of hydrogen-bond acceptors (Lipinski definition) is 3. The van der Waals surface area contributed by atoms with Gasteiger partial charge >= 0.3 is 6.09 Å². The number of amides is 1. The molecule has 1 fully saturated rings. The summed E-state index contributed by atoms with van der Waals surface area (Å²) >= 11 is 0. The Kier molecular flexibility index (Phi) is 7.05. The van der Waals surface area contributed by atoms with Crippen LogP contribution in [0, 0.1) is 5.92 Å². The normalized spacial score (nSPS) is 17.1. The van der Waals surface area contributed by atoms with Gasteiger partial charge in [0.15, 0.2) is 0 Å². The third-order valence-electron chi connectivity index (χ3n) is 3.79. The molecule has 1 aliphatic heterocycles. The number of carbonyl (C=O) groups is 1. The molecule has 0 atom stereocenters. The van der Waals surface area contributed by atoms with Gasteiger partial charge in [-0.1, -0.05) is 13.8 Å². The lowest BCUT2D eigenvalue weighted by Gasteiger charge is -2.30. The maximum atomic E-state index is 11.3. The maximum Gasteiger partial charge on any atom is 0.407 e. The Morgan fingerprint density at radius 3 is 2.33 bits per heavy atom. The van der Waals surface area contributed by atoms with Gasteiger partial charge in [0.25, 0.3) is 0 Å². The second-order valence-corrected chi connectivity index (χ2v) is 4.95. The van der Waals surface area contributed by atoms with Crippen LogP contribution in [-0.4, -0.2) is 66.8 Å². The van der Waals surface area contributed by atoms with Crippen LogP contribution in [0.3, 0.4) is 0 Å². The number of nitrogens with zero attached hydrogens (tertiary/aromatic N) is 2. The molecule has 1 rings (SSSR count). The van der Waals surface area contributed by atoms with Crippen molar-refractivity contribution in [2.75, 3.05) is 45.8 Å². The standard InChI is InChI=1S/C13H27N3O2/c1-3-15(4-2)9-10-16(13(17)18)11-12-5-7-14-8-6-12/h12,14H,3-11H2,1-2H3,(H,17,18). The predicted molar refractivity (Wildman–Crippen MR) is 73.0 cm³/mol. The minimum Gasteiger partial charge on any atom is -0.465 e. The van der Waals surface area contributed by atoms with Gasteiger partial charge in [-0.25, -0.2) is 4.79 Å². The fourth-order valence-corrected chi connectivity index (χ4v) is 2.44. The quantitative estimate of drug-likeness (QED) is 0.722. The number of carboxylic acid groups (broad SMARTS) is 1. The van der Waals surface area contributed by atoms with Gasteiger partial charge in [0, 0.05) is 19.6 Å². The van der Waals surface area contributed by atoms with E-state index in [0.717, 1.165) is 45.6 Å². The van der Waals surface area contributed by atoms with E-state index in [4.69, 9.17) is 0 Å². The van der Waals surface area contributed by atoms with Crippen molar-refractivity contribution in [3.8, 4) is 0 Å². The zero-order chi connectivity index (χ0) is 13.4. The van der Waals surface area contributed by atoms with Gasteiger partial charge in [0.05, 0.1) is 0 Å². The summed E-state index contributed by atoms with van der Waals surface area (Å²) in [6, 6.07) is 0. The van der Waals surface area contributed by atoms with Crippen LogP contribution >= 0.6 is 0 Å². The highest BCUT2D eigenvalue weighted by molar-refractivity contribution is 5.64. The van der Waals surface area contributed by atoms with Crippen molar-refractivity contribution in [2.24, 2.45) is 5.92 Å². The van der Waals surface area contributed by atoms with Crippen LogP contribution in [0.2, 0.25) is 0 Å². The Balaban J connectivity index is 2.36. The van der Waals surface area contributed by atoms with Crippen LogP contribution in [0.15, 0.2) is 0 Å². The lowest BCUT2D eigenvalue weighted by Crippen LogP contribution is -2.42. The average molecular weight is 257 g/mol. The van der Waals surface area contributed by atoms with Gasteiger partial charge in [0.2, 0.25) is 0 Å². The summed E-state index contributed by atoms with van der Waals surface area (Å²) in [6.45, 7) is 10.4. The molecule has 1 heterocycles. The molecule has 0 radical (unpaired) electrons. The molecule has 18 heavy (non-hydrogen) atoms. The molecule has 0 unspecified atom stereocenters. The van der Waals surface area contributed by atoms with Crippen molar-refractivity contribution in [1.29, 1.82) is 0 Å². The molecular formula is C13H27N3O2. The monoisotopic (exact) mass is 257 g/mol. The van der Waals surface area contributed by atoms with Crippen molar-refractivity contribution in [3.05, 3.63) is 0 Å². The van der Waals surface area contributed by atoms with E-state index in [1.807, 2.05) is 0 Å². The van der Waals surface area contributed by atoms with Crippen LogP contribution in [-0.2, 0) is 0 Å². The molecule has 0 aliphatic carbocycles. The van der Waals surface area contributed by atoms with Crippen LogP contribution in [0.5, 0.6) is 0 Å². The van der Waals surface area contributed by atoms with Crippen molar-refractivity contribution < 1.29 is 9.90 Å². The summed E-state index contributed by atoms with van der Waals surface area (Å²) in [5, 5.41) is 12.6.